The van der Waals surface area contributed by atoms with Crippen LogP contribution in [0.25, 0.3) is 0 Å². The quantitative estimate of drug-likeness (QED) is 0.453. The van der Waals surface area contributed by atoms with Crippen molar-refractivity contribution in [2.24, 2.45) is 5.84 Å². The van der Waals surface area contributed by atoms with E-state index < -0.39 is 0 Å². The molecule has 94 valence electrons. The van der Waals surface area contributed by atoms with Crippen molar-refractivity contribution in [3.8, 4) is 0 Å². The molecule has 0 fully saturated rings. The third-order valence-corrected chi connectivity index (χ3v) is 2.72. The first-order chi connectivity index (χ1) is 8.08. The molecule has 0 spiro atoms. The van der Waals surface area contributed by atoms with Gasteiger partial charge in [0.05, 0.1) is 11.3 Å². The molecule has 1 amide bonds. The topological polar surface area (TPSA) is 71.2 Å². The molecule has 17 heavy (non-hydrogen) atoms. The second kappa shape index (κ2) is 6.32. The first-order valence-electron chi connectivity index (χ1n) is 5.78. The number of aromatic nitrogens is 1. The fourth-order valence-corrected chi connectivity index (χ4v) is 1.60. The largest absolute Gasteiger partial charge is 0.295 e. The highest BCUT2D eigenvalue weighted by molar-refractivity contribution is 5.93. The third-order valence-electron chi connectivity index (χ3n) is 2.72. The van der Waals surface area contributed by atoms with E-state index in [0.717, 1.165) is 18.8 Å². The molecule has 1 rings (SSSR count). The number of hydrogen-bond acceptors (Lipinski definition) is 4. The Bertz CT molecular complexity index is 361. The Hall–Kier alpha value is -1.46. The zero-order chi connectivity index (χ0) is 12.8. The molecule has 0 aliphatic rings. The maximum absolute atomic E-state index is 11.2. The molecule has 1 heterocycles. The lowest BCUT2D eigenvalue weighted by Gasteiger charge is -2.24. The van der Waals surface area contributed by atoms with Crippen molar-refractivity contribution < 1.29 is 4.79 Å². The van der Waals surface area contributed by atoms with Crippen molar-refractivity contribution in [1.82, 2.24) is 15.3 Å². The highest BCUT2D eigenvalue weighted by atomic mass is 16.2. The van der Waals surface area contributed by atoms with Crippen LogP contribution in [0.1, 0.15) is 36.8 Å². The van der Waals surface area contributed by atoms with Crippen molar-refractivity contribution in [1.29, 1.82) is 0 Å². The molecule has 0 saturated heterocycles. The van der Waals surface area contributed by atoms with Gasteiger partial charge in [-0.25, -0.2) is 5.84 Å². The molecule has 0 atom stereocenters. The third kappa shape index (κ3) is 3.80. The molecule has 0 saturated carbocycles. The van der Waals surface area contributed by atoms with E-state index in [-0.39, 0.29) is 5.91 Å². The number of nitrogens with two attached hydrogens (primary N) is 1. The Labute approximate surface area is 102 Å². The summed E-state index contributed by atoms with van der Waals surface area (Å²) in [6.07, 6.45) is 1.55. The predicted molar refractivity (Wildman–Crippen MR) is 67.1 cm³/mol. The van der Waals surface area contributed by atoms with E-state index in [9.17, 15) is 4.79 Å². The van der Waals surface area contributed by atoms with Gasteiger partial charge in [-0.15, -0.1) is 0 Å². The van der Waals surface area contributed by atoms with Gasteiger partial charge in [0.15, 0.2) is 0 Å². The molecule has 0 unspecified atom stereocenters. The van der Waals surface area contributed by atoms with Gasteiger partial charge in [0, 0.05) is 18.8 Å². The van der Waals surface area contributed by atoms with Crippen LogP contribution in [0.3, 0.4) is 0 Å². The molecule has 0 aliphatic carbocycles. The van der Waals surface area contributed by atoms with Crippen molar-refractivity contribution in [2.75, 3.05) is 6.54 Å². The van der Waals surface area contributed by atoms with Gasteiger partial charge in [-0.1, -0.05) is 6.92 Å². The lowest BCUT2D eigenvalue weighted by atomic mass is 10.2. The number of hydrazine groups is 1. The number of nitrogen functional groups attached to an aromatic ring is 1. The van der Waals surface area contributed by atoms with Crippen LogP contribution < -0.4 is 11.3 Å². The smallest absolute Gasteiger partial charge is 0.266 e. The van der Waals surface area contributed by atoms with Gasteiger partial charge in [-0.2, -0.15) is 0 Å². The average Bonchev–Trinajstić information content (AvgIpc) is 2.35. The van der Waals surface area contributed by atoms with Gasteiger partial charge in [0.25, 0.3) is 5.91 Å². The first kappa shape index (κ1) is 13.6. The summed E-state index contributed by atoms with van der Waals surface area (Å²) >= 11 is 0. The monoisotopic (exact) mass is 236 g/mol. The standard InChI is InChI=1S/C12H20N4O/c1-4-16(9(2)3)8-11-6-5-10(7-14-11)12(17)15-13/h5-7,9H,4,8,13H2,1-3H3,(H,15,17). The maximum atomic E-state index is 11.2. The number of amides is 1. The van der Waals surface area contributed by atoms with Crippen molar-refractivity contribution in [3.63, 3.8) is 0 Å². The van der Waals surface area contributed by atoms with E-state index in [4.69, 9.17) is 5.84 Å². The second-order valence-corrected chi connectivity index (χ2v) is 4.17. The Kier molecular flexibility index (Phi) is 5.06. The first-order valence-corrected chi connectivity index (χ1v) is 5.78. The number of carbonyl (C=O) groups excluding carboxylic acids is 1. The van der Waals surface area contributed by atoms with Gasteiger partial charge in [-0.3, -0.25) is 20.1 Å². The number of nitrogens with zero attached hydrogens (tertiary/aromatic N) is 2. The summed E-state index contributed by atoms with van der Waals surface area (Å²) in [5, 5.41) is 0. The molecule has 0 radical (unpaired) electrons. The van der Waals surface area contributed by atoms with Gasteiger partial charge in [0.1, 0.15) is 0 Å². The van der Waals surface area contributed by atoms with Crippen LogP contribution in [-0.2, 0) is 6.54 Å². The van der Waals surface area contributed by atoms with Crippen molar-refractivity contribution in [2.45, 2.75) is 33.4 Å². The van der Waals surface area contributed by atoms with Gasteiger partial charge in [-0.05, 0) is 32.5 Å². The lowest BCUT2D eigenvalue weighted by molar-refractivity contribution is 0.0953. The second-order valence-electron chi connectivity index (χ2n) is 4.17. The fraction of sp³-hybridized carbons (Fsp3) is 0.500. The molecule has 0 bridgehead atoms. The lowest BCUT2D eigenvalue weighted by Crippen LogP contribution is -2.31. The predicted octanol–water partition coefficient (Wildman–Crippen LogP) is 0.915. The summed E-state index contributed by atoms with van der Waals surface area (Å²) in [4.78, 5) is 17.8. The minimum Gasteiger partial charge on any atom is -0.295 e. The van der Waals surface area contributed by atoms with E-state index in [0.29, 0.717) is 11.6 Å². The highest BCUT2D eigenvalue weighted by Gasteiger charge is 2.09. The van der Waals surface area contributed by atoms with E-state index in [2.05, 4.69) is 36.1 Å². The molecule has 5 heteroatoms. The SMILES string of the molecule is CCN(Cc1ccc(C(=O)NN)cn1)C(C)C. The number of carbonyl (C=O) groups is 1. The Balaban J connectivity index is 2.71. The normalized spacial score (nSPS) is 10.9. The fourth-order valence-electron chi connectivity index (χ4n) is 1.60. The summed E-state index contributed by atoms with van der Waals surface area (Å²) in [5.41, 5.74) is 3.51. The Morgan fingerprint density at radius 2 is 2.24 bits per heavy atom. The minimum absolute atomic E-state index is 0.319. The number of pyridine rings is 1. The number of hydrogen-bond donors (Lipinski definition) is 2. The summed E-state index contributed by atoms with van der Waals surface area (Å²) in [6.45, 7) is 8.19. The maximum Gasteiger partial charge on any atom is 0.266 e. The van der Waals surface area contributed by atoms with Gasteiger partial charge < -0.3 is 0 Å². The molecular weight excluding hydrogens is 216 g/mol. The zero-order valence-corrected chi connectivity index (χ0v) is 10.6. The summed E-state index contributed by atoms with van der Waals surface area (Å²) in [6, 6.07) is 4.07. The number of rotatable bonds is 5. The Morgan fingerprint density at radius 1 is 1.53 bits per heavy atom. The van der Waals surface area contributed by atoms with Gasteiger partial charge >= 0.3 is 0 Å². The molecule has 1 aromatic rings. The van der Waals surface area contributed by atoms with Crippen LogP contribution in [0.4, 0.5) is 0 Å². The van der Waals surface area contributed by atoms with Crippen molar-refractivity contribution >= 4 is 5.91 Å². The molecule has 0 aliphatic heterocycles. The molecule has 0 aromatic carbocycles. The van der Waals surface area contributed by atoms with Crippen LogP contribution in [0, 0.1) is 0 Å². The van der Waals surface area contributed by atoms with Gasteiger partial charge in [0.2, 0.25) is 0 Å². The van der Waals surface area contributed by atoms with Crippen LogP contribution in [0.15, 0.2) is 18.3 Å². The zero-order valence-electron chi connectivity index (χ0n) is 10.6. The van der Waals surface area contributed by atoms with Crippen LogP contribution in [-0.4, -0.2) is 28.4 Å². The number of nitrogens with one attached hydrogen (secondary N) is 1. The highest BCUT2D eigenvalue weighted by Crippen LogP contribution is 2.06. The van der Waals surface area contributed by atoms with Crippen molar-refractivity contribution in [3.05, 3.63) is 29.6 Å². The van der Waals surface area contributed by atoms with Crippen LogP contribution in [0.2, 0.25) is 0 Å². The molecule has 3 N–H and O–H groups in total. The Morgan fingerprint density at radius 3 is 2.65 bits per heavy atom. The van der Waals surface area contributed by atoms with Crippen LogP contribution >= 0.6 is 0 Å². The summed E-state index contributed by atoms with van der Waals surface area (Å²) in [5.74, 6) is 4.73. The molecular formula is C12H20N4O. The van der Waals surface area contributed by atoms with E-state index in [1.54, 1.807) is 12.3 Å². The van der Waals surface area contributed by atoms with E-state index in [1.807, 2.05) is 6.07 Å². The summed E-state index contributed by atoms with van der Waals surface area (Å²) in [7, 11) is 0. The summed E-state index contributed by atoms with van der Waals surface area (Å²) < 4.78 is 0. The van der Waals surface area contributed by atoms with Crippen LogP contribution in [0.5, 0.6) is 0 Å². The minimum atomic E-state index is -0.319. The van der Waals surface area contributed by atoms with E-state index in [1.165, 1.54) is 0 Å². The average molecular weight is 236 g/mol. The van der Waals surface area contributed by atoms with E-state index >= 15 is 0 Å². The molecule has 1 aromatic heterocycles. The molecule has 5 nitrogen and oxygen atoms in total.